The van der Waals surface area contributed by atoms with Crippen LogP contribution >= 0.6 is 23.4 Å². The molecule has 0 aliphatic heterocycles. The number of hydrogen-bond donors (Lipinski definition) is 1. The average molecular weight is 389 g/mol. The number of carbonyl (C=O) groups excluding carboxylic acids is 1. The highest BCUT2D eigenvalue weighted by molar-refractivity contribution is 7.99. The van der Waals surface area contributed by atoms with Gasteiger partial charge < -0.3 is 9.73 Å². The molecule has 0 spiro atoms. The summed E-state index contributed by atoms with van der Waals surface area (Å²) in [7, 11) is 0. The molecule has 3 rings (SSSR count). The van der Waals surface area contributed by atoms with E-state index in [1.165, 1.54) is 11.8 Å². The summed E-state index contributed by atoms with van der Waals surface area (Å²) in [5.74, 6) is 1.53. The van der Waals surface area contributed by atoms with Gasteiger partial charge >= 0.3 is 0 Å². The molecular weight excluding hydrogens is 372 g/mol. The fourth-order valence-corrected chi connectivity index (χ4v) is 3.24. The minimum absolute atomic E-state index is 0.133. The van der Waals surface area contributed by atoms with E-state index in [0.717, 1.165) is 11.3 Å². The van der Waals surface area contributed by atoms with Crippen molar-refractivity contribution in [2.45, 2.75) is 18.6 Å². The van der Waals surface area contributed by atoms with Crippen molar-refractivity contribution in [2.24, 2.45) is 0 Å². The van der Waals surface area contributed by atoms with Crippen LogP contribution in [0.3, 0.4) is 0 Å². The second-order valence-corrected chi connectivity index (χ2v) is 6.82. The van der Waals surface area contributed by atoms with Gasteiger partial charge in [0.1, 0.15) is 5.76 Å². The van der Waals surface area contributed by atoms with Crippen LogP contribution in [0.4, 0.5) is 5.69 Å². The Morgan fingerprint density at radius 1 is 1.35 bits per heavy atom. The van der Waals surface area contributed by atoms with Crippen LogP contribution in [0.2, 0.25) is 5.02 Å². The van der Waals surface area contributed by atoms with Gasteiger partial charge in [-0.3, -0.25) is 9.36 Å². The highest BCUT2D eigenvalue weighted by Crippen LogP contribution is 2.27. The molecule has 1 aromatic carbocycles. The Morgan fingerprint density at radius 3 is 2.77 bits per heavy atom. The summed E-state index contributed by atoms with van der Waals surface area (Å²) in [6.45, 7) is 6.19. The van der Waals surface area contributed by atoms with Crippen LogP contribution in [0.1, 0.15) is 5.76 Å². The third kappa shape index (κ3) is 4.17. The van der Waals surface area contributed by atoms with Crippen LogP contribution in [-0.2, 0) is 11.3 Å². The lowest BCUT2D eigenvalue weighted by molar-refractivity contribution is -0.113. The van der Waals surface area contributed by atoms with Gasteiger partial charge in [-0.05, 0) is 37.3 Å². The molecule has 8 heteroatoms. The molecule has 0 saturated carbocycles. The van der Waals surface area contributed by atoms with Crippen LogP contribution in [0.5, 0.6) is 0 Å². The molecule has 0 fully saturated rings. The van der Waals surface area contributed by atoms with Crippen molar-refractivity contribution in [3.05, 3.63) is 60.0 Å². The maximum absolute atomic E-state index is 12.2. The van der Waals surface area contributed by atoms with Gasteiger partial charge in [-0.2, -0.15) is 0 Å². The molecule has 0 aliphatic rings. The zero-order valence-electron chi connectivity index (χ0n) is 14.1. The first-order chi connectivity index (χ1) is 12.6. The zero-order valence-corrected chi connectivity index (χ0v) is 15.7. The number of carbonyl (C=O) groups is 1. The molecular formula is C18H17ClN4O2S. The number of thioether (sulfide) groups is 1. The van der Waals surface area contributed by atoms with Gasteiger partial charge in [-0.25, -0.2) is 0 Å². The van der Waals surface area contributed by atoms with Crippen molar-refractivity contribution in [2.75, 3.05) is 11.1 Å². The Balaban J connectivity index is 1.70. The van der Waals surface area contributed by atoms with Gasteiger partial charge in [-0.1, -0.05) is 29.4 Å². The SMILES string of the molecule is C=CCn1c(SCC(=O)Nc2ccc(Cl)cc2)nnc1-c1ccoc1C. The van der Waals surface area contributed by atoms with Crippen molar-refractivity contribution in [3.8, 4) is 11.4 Å². The first-order valence-corrected chi connectivity index (χ1v) is 9.21. The van der Waals surface area contributed by atoms with Crippen molar-refractivity contribution >= 4 is 35.0 Å². The molecule has 0 bridgehead atoms. The number of furan rings is 1. The summed E-state index contributed by atoms with van der Waals surface area (Å²) >= 11 is 7.16. The Bertz CT molecular complexity index is 918. The summed E-state index contributed by atoms with van der Waals surface area (Å²) in [6.07, 6.45) is 3.38. The standard InChI is InChI=1S/C18H17ClN4O2S/c1-3-9-23-17(15-8-10-25-12(15)2)21-22-18(23)26-11-16(24)20-14-6-4-13(19)5-7-14/h3-8,10H,1,9,11H2,2H3,(H,20,24). The van der Waals surface area contributed by atoms with E-state index in [0.29, 0.717) is 28.2 Å². The molecule has 0 radical (unpaired) electrons. The lowest BCUT2D eigenvalue weighted by Crippen LogP contribution is -2.14. The van der Waals surface area contributed by atoms with Crippen molar-refractivity contribution in [1.82, 2.24) is 14.8 Å². The Hall–Kier alpha value is -2.51. The fourth-order valence-electron chi connectivity index (χ4n) is 2.37. The molecule has 2 heterocycles. The van der Waals surface area contributed by atoms with Gasteiger partial charge in [0, 0.05) is 17.3 Å². The van der Waals surface area contributed by atoms with E-state index < -0.39 is 0 Å². The molecule has 1 amide bonds. The van der Waals surface area contributed by atoms with Crippen LogP contribution in [0.25, 0.3) is 11.4 Å². The number of benzene rings is 1. The number of rotatable bonds is 7. The van der Waals surface area contributed by atoms with E-state index in [-0.39, 0.29) is 11.7 Å². The van der Waals surface area contributed by atoms with Gasteiger partial charge in [-0.15, -0.1) is 16.8 Å². The Labute approximate surface area is 160 Å². The molecule has 6 nitrogen and oxygen atoms in total. The molecule has 0 aliphatic carbocycles. The molecule has 0 saturated heterocycles. The van der Waals surface area contributed by atoms with E-state index >= 15 is 0 Å². The Kier molecular flexibility index (Phi) is 5.80. The summed E-state index contributed by atoms with van der Waals surface area (Å²) < 4.78 is 7.25. The number of halogens is 1. The first kappa shape index (κ1) is 18.3. The fraction of sp³-hybridized carbons (Fsp3) is 0.167. The largest absolute Gasteiger partial charge is 0.469 e. The topological polar surface area (TPSA) is 73.0 Å². The van der Waals surface area contributed by atoms with Gasteiger partial charge in [0.25, 0.3) is 0 Å². The maximum Gasteiger partial charge on any atom is 0.234 e. The molecule has 2 aromatic heterocycles. The first-order valence-electron chi connectivity index (χ1n) is 7.85. The molecule has 0 atom stereocenters. The highest BCUT2D eigenvalue weighted by Gasteiger charge is 2.17. The number of amides is 1. The van der Waals surface area contributed by atoms with E-state index in [2.05, 4.69) is 22.1 Å². The number of nitrogens with zero attached hydrogens (tertiary/aromatic N) is 3. The number of aryl methyl sites for hydroxylation is 1. The molecule has 26 heavy (non-hydrogen) atoms. The lowest BCUT2D eigenvalue weighted by atomic mass is 10.2. The lowest BCUT2D eigenvalue weighted by Gasteiger charge is -2.08. The van der Waals surface area contributed by atoms with Crippen molar-refractivity contribution in [1.29, 1.82) is 0 Å². The van der Waals surface area contributed by atoms with Gasteiger partial charge in [0.15, 0.2) is 11.0 Å². The smallest absolute Gasteiger partial charge is 0.234 e. The minimum Gasteiger partial charge on any atom is -0.469 e. The second kappa shape index (κ2) is 8.25. The average Bonchev–Trinajstić information content (AvgIpc) is 3.21. The maximum atomic E-state index is 12.2. The predicted molar refractivity (Wildman–Crippen MR) is 103 cm³/mol. The number of nitrogens with one attached hydrogen (secondary N) is 1. The minimum atomic E-state index is -0.133. The third-order valence-electron chi connectivity index (χ3n) is 3.59. The zero-order chi connectivity index (χ0) is 18.5. The van der Waals surface area contributed by atoms with Gasteiger partial charge in [0.2, 0.25) is 5.91 Å². The van der Waals surface area contributed by atoms with Crippen LogP contribution in [0, 0.1) is 6.92 Å². The highest BCUT2D eigenvalue weighted by atomic mass is 35.5. The van der Waals surface area contributed by atoms with Crippen molar-refractivity contribution < 1.29 is 9.21 Å². The van der Waals surface area contributed by atoms with Crippen LogP contribution < -0.4 is 5.32 Å². The monoisotopic (exact) mass is 388 g/mol. The van der Waals surface area contributed by atoms with Gasteiger partial charge in [0.05, 0.1) is 17.6 Å². The normalized spacial score (nSPS) is 10.7. The number of aromatic nitrogens is 3. The van der Waals surface area contributed by atoms with Crippen LogP contribution in [-0.4, -0.2) is 26.4 Å². The number of hydrogen-bond acceptors (Lipinski definition) is 5. The summed E-state index contributed by atoms with van der Waals surface area (Å²) in [5, 5.41) is 12.5. The predicted octanol–water partition coefficient (Wildman–Crippen LogP) is 4.42. The summed E-state index contributed by atoms with van der Waals surface area (Å²) in [5.41, 5.74) is 1.57. The molecule has 0 unspecified atom stereocenters. The van der Waals surface area contributed by atoms with E-state index in [1.807, 2.05) is 17.6 Å². The van der Waals surface area contributed by atoms with Crippen molar-refractivity contribution in [3.63, 3.8) is 0 Å². The summed E-state index contributed by atoms with van der Waals surface area (Å²) in [6, 6.07) is 8.81. The summed E-state index contributed by atoms with van der Waals surface area (Å²) in [4.78, 5) is 12.2. The second-order valence-electron chi connectivity index (χ2n) is 5.44. The number of anilines is 1. The molecule has 3 aromatic rings. The molecule has 1 N–H and O–H groups in total. The van der Waals surface area contributed by atoms with E-state index in [9.17, 15) is 4.79 Å². The van der Waals surface area contributed by atoms with E-state index in [1.54, 1.807) is 36.6 Å². The third-order valence-corrected chi connectivity index (χ3v) is 4.81. The quantitative estimate of drug-likeness (QED) is 0.479. The Morgan fingerprint density at radius 2 is 2.12 bits per heavy atom. The van der Waals surface area contributed by atoms with E-state index in [4.69, 9.17) is 16.0 Å². The molecule has 134 valence electrons. The van der Waals surface area contributed by atoms with Crippen LogP contribution in [0.15, 0.2) is 58.8 Å². The number of allylic oxidation sites excluding steroid dienone is 1.